The van der Waals surface area contributed by atoms with Gasteiger partial charge in [-0.05, 0) is 22.0 Å². The van der Waals surface area contributed by atoms with Crippen LogP contribution in [0.25, 0.3) is 0 Å². The summed E-state index contributed by atoms with van der Waals surface area (Å²) in [6.45, 7) is 0. The van der Waals surface area contributed by atoms with Crippen LogP contribution in [0.1, 0.15) is 11.7 Å². The largest absolute Gasteiger partial charge is 0.474 e. The first-order valence-electron chi connectivity index (χ1n) is 5.89. The lowest BCUT2D eigenvalue weighted by Gasteiger charge is -2.19. The lowest BCUT2D eigenvalue weighted by molar-refractivity contribution is -0.128. The molecule has 0 saturated carbocycles. The molecule has 0 radical (unpaired) electrons. The highest BCUT2D eigenvalue weighted by atomic mass is 79.9. The molecule has 0 aliphatic rings. The monoisotopic (exact) mass is 372 g/mol. The van der Waals surface area contributed by atoms with E-state index in [0.717, 1.165) is 6.07 Å². The van der Waals surface area contributed by atoms with Crippen molar-refractivity contribution in [3.63, 3.8) is 0 Å². The standard InChI is InChI=1S/C14H11BrClFN2O2/c15-9-6-10(16)11(17)7-12(9)21-13(14(20)19-18)8-4-2-1-3-5-8/h1-7,13H,18H2,(H,19,20). The molecular formula is C14H11BrClFN2O2. The van der Waals surface area contributed by atoms with Crippen molar-refractivity contribution >= 4 is 33.4 Å². The third-order valence-electron chi connectivity index (χ3n) is 2.70. The van der Waals surface area contributed by atoms with Crippen LogP contribution < -0.4 is 16.0 Å². The minimum Gasteiger partial charge on any atom is -0.474 e. The number of hydrogen-bond acceptors (Lipinski definition) is 3. The van der Waals surface area contributed by atoms with Crippen LogP contribution in [0.2, 0.25) is 5.02 Å². The molecule has 4 nitrogen and oxygen atoms in total. The Morgan fingerprint density at radius 2 is 2.00 bits per heavy atom. The van der Waals surface area contributed by atoms with Crippen molar-refractivity contribution in [2.75, 3.05) is 0 Å². The minimum atomic E-state index is -1.01. The smallest absolute Gasteiger partial charge is 0.279 e. The fraction of sp³-hybridized carbons (Fsp3) is 0.0714. The maximum absolute atomic E-state index is 13.5. The van der Waals surface area contributed by atoms with Gasteiger partial charge in [-0.1, -0.05) is 41.9 Å². The maximum atomic E-state index is 13.5. The number of hydrogen-bond donors (Lipinski definition) is 2. The van der Waals surface area contributed by atoms with E-state index in [4.69, 9.17) is 22.2 Å². The molecule has 0 spiro atoms. The highest BCUT2D eigenvalue weighted by molar-refractivity contribution is 9.10. The highest BCUT2D eigenvalue weighted by Crippen LogP contribution is 2.33. The van der Waals surface area contributed by atoms with Crippen molar-refractivity contribution < 1.29 is 13.9 Å². The number of ether oxygens (including phenoxy) is 1. The molecule has 21 heavy (non-hydrogen) atoms. The Bertz CT molecular complexity index is 655. The molecule has 0 aromatic heterocycles. The molecular weight excluding hydrogens is 363 g/mol. The van der Waals surface area contributed by atoms with E-state index in [-0.39, 0.29) is 10.8 Å². The first-order valence-corrected chi connectivity index (χ1v) is 7.06. The zero-order valence-electron chi connectivity index (χ0n) is 10.6. The zero-order chi connectivity index (χ0) is 15.4. The number of halogens is 3. The van der Waals surface area contributed by atoms with Crippen molar-refractivity contribution in [2.24, 2.45) is 5.84 Å². The Morgan fingerprint density at radius 3 is 2.62 bits per heavy atom. The van der Waals surface area contributed by atoms with Gasteiger partial charge in [-0.25, -0.2) is 10.2 Å². The summed E-state index contributed by atoms with van der Waals surface area (Å²) in [5.74, 6) is 4.12. The van der Waals surface area contributed by atoms with E-state index in [1.807, 2.05) is 5.43 Å². The van der Waals surface area contributed by atoms with Crippen molar-refractivity contribution in [1.82, 2.24) is 5.43 Å². The summed E-state index contributed by atoms with van der Waals surface area (Å²) in [4.78, 5) is 11.9. The van der Waals surface area contributed by atoms with Crippen molar-refractivity contribution in [3.05, 3.63) is 63.3 Å². The predicted molar refractivity (Wildman–Crippen MR) is 81.3 cm³/mol. The average Bonchev–Trinajstić information content (AvgIpc) is 2.49. The normalized spacial score (nSPS) is 11.8. The van der Waals surface area contributed by atoms with Crippen LogP contribution in [-0.4, -0.2) is 5.91 Å². The molecule has 2 aromatic rings. The van der Waals surface area contributed by atoms with Crippen molar-refractivity contribution in [2.45, 2.75) is 6.10 Å². The lowest BCUT2D eigenvalue weighted by Crippen LogP contribution is -2.37. The van der Waals surface area contributed by atoms with E-state index in [9.17, 15) is 9.18 Å². The molecule has 0 bridgehead atoms. The van der Waals surface area contributed by atoms with E-state index in [1.165, 1.54) is 6.07 Å². The number of amides is 1. The Kier molecular flexibility index (Phi) is 5.17. The summed E-state index contributed by atoms with van der Waals surface area (Å²) in [5.41, 5.74) is 2.62. The van der Waals surface area contributed by atoms with Crippen LogP contribution in [0.3, 0.4) is 0 Å². The number of carbonyl (C=O) groups is 1. The summed E-state index contributed by atoms with van der Waals surface area (Å²) < 4.78 is 19.5. The van der Waals surface area contributed by atoms with Gasteiger partial charge in [-0.2, -0.15) is 0 Å². The summed E-state index contributed by atoms with van der Waals surface area (Å²) in [7, 11) is 0. The number of carbonyl (C=O) groups excluding carboxylic acids is 1. The Hall–Kier alpha value is -1.63. The summed E-state index contributed by atoms with van der Waals surface area (Å²) in [6, 6.07) is 11.2. The summed E-state index contributed by atoms with van der Waals surface area (Å²) >= 11 is 8.88. The second-order valence-electron chi connectivity index (χ2n) is 4.11. The highest BCUT2D eigenvalue weighted by Gasteiger charge is 2.23. The topological polar surface area (TPSA) is 64.3 Å². The van der Waals surface area contributed by atoms with Gasteiger partial charge < -0.3 is 4.74 Å². The van der Waals surface area contributed by atoms with E-state index < -0.39 is 17.8 Å². The molecule has 7 heteroatoms. The second kappa shape index (κ2) is 6.89. The molecule has 0 aliphatic heterocycles. The molecule has 3 N–H and O–H groups in total. The lowest BCUT2D eigenvalue weighted by atomic mass is 10.1. The molecule has 0 heterocycles. The number of hydrazine groups is 1. The van der Waals surface area contributed by atoms with E-state index in [0.29, 0.717) is 10.0 Å². The van der Waals surface area contributed by atoms with E-state index >= 15 is 0 Å². The molecule has 110 valence electrons. The Balaban J connectivity index is 2.36. The van der Waals surface area contributed by atoms with Crippen LogP contribution in [0.15, 0.2) is 46.9 Å². The first-order chi connectivity index (χ1) is 10.0. The predicted octanol–water partition coefficient (Wildman–Crippen LogP) is 3.35. The first kappa shape index (κ1) is 15.8. The van der Waals surface area contributed by atoms with Gasteiger partial charge in [-0.15, -0.1) is 0 Å². The molecule has 0 aliphatic carbocycles. The van der Waals surface area contributed by atoms with Gasteiger partial charge in [0.2, 0.25) is 6.10 Å². The molecule has 2 aromatic carbocycles. The molecule has 1 unspecified atom stereocenters. The second-order valence-corrected chi connectivity index (χ2v) is 5.38. The number of rotatable bonds is 4. The van der Waals surface area contributed by atoms with Crippen LogP contribution in [0.5, 0.6) is 5.75 Å². The average molecular weight is 374 g/mol. The number of nitrogens with two attached hydrogens (primary N) is 1. The van der Waals surface area contributed by atoms with Crippen LogP contribution >= 0.6 is 27.5 Å². The van der Waals surface area contributed by atoms with Crippen molar-refractivity contribution in [1.29, 1.82) is 0 Å². The van der Waals surface area contributed by atoms with E-state index in [1.54, 1.807) is 30.3 Å². The Morgan fingerprint density at radius 1 is 1.33 bits per heavy atom. The number of benzene rings is 2. The molecule has 0 saturated heterocycles. The van der Waals surface area contributed by atoms with Gasteiger partial charge in [0, 0.05) is 11.6 Å². The molecule has 0 fully saturated rings. The van der Waals surface area contributed by atoms with Crippen LogP contribution in [0.4, 0.5) is 4.39 Å². The zero-order valence-corrected chi connectivity index (χ0v) is 13.0. The van der Waals surface area contributed by atoms with Gasteiger partial charge in [0.1, 0.15) is 11.6 Å². The van der Waals surface area contributed by atoms with Gasteiger partial charge in [-0.3, -0.25) is 10.2 Å². The quantitative estimate of drug-likeness (QED) is 0.374. The van der Waals surface area contributed by atoms with Gasteiger partial charge >= 0.3 is 0 Å². The number of nitrogens with one attached hydrogen (secondary N) is 1. The summed E-state index contributed by atoms with van der Waals surface area (Å²) in [5, 5.41) is -0.0474. The van der Waals surface area contributed by atoms with Crippen LogP contribution in [0, 0.1) is 5.82 Å². The van der Waals surface area contributed by atoms with Crippen molar-refractivity contribution in [3.8, 4) is 5.75 Å². The molecule has 1 amide bonds. The third-order valence-corrected chi connectivity index (χ3v) is 3.61. The molecule has 1 atom stereocenters. The van der Waals surface area contributed by atoms with Crippen LogP contribution in [-0.2, 0) is 4.79 Å². The fourth-order valence-electron chi connectivity index (χ4n) is 1.70. The maximum Gasteiger partial charge on any atom is 0.279 e. The van der Waals surface area contributed by atoms with Gasteiger partial charge in [0.15, 0.2) is 0 Å². The SMILES string of the molecule is NNC(=O)C(Oc1cc(F)c(Cl)cc1Br)c1ccccc1. The van der Waals surface area contributed by atoms with Gasteiger partial charge in [0.05, 0.1) is 9.50 Å². The minimum absolute atomic E-state index is 0.0474. The fourth-order valence-corrected chi connectivity index (χ4v) is 2.43. The summed E-state index contributed by atoms with van der Waals surface area (Å²) in [6.07, 6.45) is -1.01. The van der Waals surface area contributed by atoms with E-state index in [2.05, 4.69) is 15.9 Å². The van der Waals surface area contributed by atoms with Gasteiger partial charge in [0.25, 0.3) is 5.91 Å². The third kappa shape index (κ3) is 3.72. The molecule has 2 rings (SSSR count). The Labute approximate surface area is 134 Å².